The van der Waals surface area contributed by atoms with Gasteiger partial charge in [-0.25, -0.2) is 4.79 Å². The maximum absolute atomic E-state index is 14.0. The number of hydrogen-bond donors (Lipinski definition) is 2. The van der Waals surface area contributed by atoms with E-state index in [1.807, 2.05) is 91.0 Å². The first kappa shape index (κ1) is 37.9. The van der Waals surface area contributed by atoms with Gasteiger partial charge in [0.25, 0.3) is 0 Å². The van der Waals surface area contributed by atoms with Crippen LogP contribution in [0, 0.1) is 0 Å². The first-order chi connectivity index (χ1) is 25.4. The van der Waals surface area contributed by atoms with Crippen molar-refractivity contribution in [3.63, 3.8) is 0 Å². The number of rotatable bonds is 15. The van der Waals surface area contributed by atoms with Gasteiger partial charge in [-0.3, -0.25) is 4.90 Å². The van der Waals surface area contributed by atoms with E-state index in [0.717, 1.165) is 16.7 Å². The third-order valence-electron chi connectivity index (χ3n) is 9.07. The molecule has 9 atom stereocenters. The maximum atomic E-state index is 14.0. The van der Waals surface area contributed by atoms with Crippen LogP contribution in [0.3, 0.4) is 0 Å². The lowest BCUT2D eigenvalue weighted by atomic mass is 9.84. The minimum absolute atomic E-state index is 0.0195. The summed E-state index contributed by atoms with van der Waals surface area (Å²) in [7, 11) is 0. The molecular weight excluding hydrogens is 672 g/mol. The Kier molecular flexibility index (Phi) is 14.1. The maximum Gasteiger partial charge on any atom is 0.410 e. The predicted octanol–water partition coefficient (Wildman–Crippen LogP) is 6.46. The summed E-state index contributed by atoms with van der Waals surface area (Å²) in [6.07, 6.45) is -6.74. The summed E-state index contributed by atoms with van der Waals surface area (Å²) in [4.78, 5) is 24.1. The smallest absolute Gasteiger partial charge is 0.410 e. The minimum atomic E-state index is -1.65. The van der Waals surface area contributed by atoms with Crippen molar-refractivity contribution < 1.29 is 34.0 Å². The Hall–Kier alpha value is -5.34. The average Bonchev–Trinajstić information content (AvgIpc) is 3.17. The molecule has 52 heavy (non-hydrogen) atoms. The number of azide groups is 3. The molecule has 0 unspecified atom stereocenters. The van der Waals surface area contributed by atoms with Gasteiger partial charge in [0.1, 0.15) is 12.7 Å². The van der Waals surface area contributed by atoms with Gasteiger partial charge in [-0.15, -0.1) is 0 Å². The minimum Gasteiger partial charge on any atom is -0.445 e. The molecule has 272 valence electrons. The van der Waals surface area contributed by atoms with Gasteiger partial charge in [0, 0.05) is 21.3 Å². The number of amides is 1. The van der Waals surface area contributed by atoms with Crippen molar-refractivity contribution in [2.45, 2.75) is 93.9 Å². The fourth-order valence-electron chi connectivity index (χ4n) is 6.41. The molecule has 1 saturated carbocycles. The second-order valence-corrected chi connectivity index (χ2v) is 12.5. The number of aliphatic hydroxyl groups excluding tert-OH is 2. The summed E-state index contributed by atoms with van der Waals surface area (Å²) in [6.45, 7) is 0.437. The van der Waals surface area contributed by atoms with E-state index in [1.165, 1.54) is 0 Å². The van der Waals surface area contributed by atoms with E-state index in [4.69, 9.17) is 24.5 Å². The van der Waals surface area contributed by atoms with Gasteiger partial charge < -0.3 is 29.2 Å². The van der Waals surface area contributed by atoms with Crippen LogP contribution in [0.1, 0.15) is 36.0 Å². The Labute approximate surface area is 299 Å². The lowest BCUT2D eigenvalue weighted by Crippen LogP contribution is -2.59. The van der Waals surface area contributed by atoms with E-state index >= 15 is 0 Å². The lowest BCUT2D eigenvalue weighted by Gasteiger charge is -2.45. The van der Waals surface area contributed by atoms with Crippen LogP contribution in [0.4, 0.5) is 4.79 Å². The molecule has 3 aromatic rings. The number of ether oxygens (including phenoxy) is 4. The summed E-state index contributed by atoms with van der Waals surface area (Å²) in [5, 5.41) is 33.0. The van der Waals surface area contributed by atoms with Gasteiger partial charge in [-0.2, -0.15) is 0 Å². The first-order valence-corrected chi connectivity index (χ1v) is 16.8. The Morgan fingerprint density at radius 1 is 0.769 bits per heavy atom. The zero-order chi connectivity index (χ0) is 36.7. The molecule has 1 saturated heterocycles. The lowest BCUT2D eigenvalue weighted by molar-refractivity contribution is -0.262. The van der Waals surface area contributed by atoms with Crippen molar-refractivity contribution >= 4 is 6.09 Å². The number of hydrogen-bond acceptors (Lipinski definition) is 10. The summed E-state index contributed by atoms with van der Waals surface area (Å²) < 4.78 is 24.8. The molecule has 1 heterocycles. The molecule has 0 aromatic heterocycles. The van der Waals surface area contributed by atoms with Crippen molar-refractivity contribution in [3.05, 3.63) is 139 Å². The second-order valence-electron chi connectivity index (χ2n) is 12.5. The van der Waals surface area contributed by atoms with Gasteiger partial charge in [0.2, 0.25) is 0 Å². The standard InChI is InChI=1S/C35H40N10O7/c36-42-39-26-16-17-30(51-34(26)52-33-28(41-44-38)18-27(40-43-37)31(46)32(33)47)29(22-49-20-24-12-6-2-7-13-24)45(19-23-10-4-1-5-11-23)35(48)50-21-25-14-8-3-9-15-25/h1-15,26-34,46-47H,16-22H2/t26-,27-,28+,29-,30+,31+,32-,33-,34-/m1/s1. The third-order valence-corrected chi connectivity index (χ3v) is 9.07. The van der Waals surface area contributed by atoms with Crippen molar-refractivity contribution in [1.82, 2.24) is 4.90 Å². The summed E-state index contributed by atoms with van der Waals surface area (Å²) in [6, 6.07) is 24.4. The molecule has 1 aliphatic carbocycles. The largest absolute Gasteiger partial charge is 0.445 e. The highest BCUT2D eigenvalue weighted by atomic mass is 16.7. The van der Waals surface area contributed by atoms with Crippen molar-refractivity contribution in [2.24, 2.45) is 15.3 Å². The van der Waals surface area contributed by atoms with Crippen LogP contribution in [0.5, 0.6) is 0 Å². The van der Waals surface area contributed by atoms with Gasteiger partial charge in [-0.05, 0) is 52.5 Å². The van der Waals surface area contributed by atoms with E-state index in [0.29, 0.717) is 6.42 Å². The van der Waals surface area contributed by atoms with Crippen LogP contribution in [0.25, 0.3) is 31.3 Å². The number of carbonyl (C=O) groups excluding carboxylic acids is 1. The van der Waals surface area contributed by atoms with E-state index in [1.54, 1.807) is 4.90 Å². The molecule has 0 spiro atoms. The SMILES string of the molecule is [N-]=[N+]=N[C@H]1C[C@@H](N=[N+]=[N-])[C@H](O)[C@@H](O)[C@@H]1O[C@H]1O[C@H]([C@@H](COCc2ccccc2)N(Cc2ccccc2)C(=O)OCc2ccccc2)CC[C@H]1N=[N+]=[N-]. The number of nitrogens with zero attached hydrogens (tertiary/aromatic N) is 10. The van der Waals surface area contributed by atoms with Crippen LogP contribution in [0.2, 0.25) is 0 Å². The van der Waals surface area contributed by atoms with E-state index < -0.39 is 61.0 Å². The van der Waals surface area contributed by atoms with Crippen molar-refractivity contribution in [2.75, 3.05) is 6.61 Å². The number of benzene rings is 3. The Bertz CT molecular complexity index is 1720. The molecule has 2 fully saturated rings. The Balaban J connectivity index is 1.45. The van der Waals surface area contributed by atoms with Crippen LogP contribution >= 0.6 is 0 Å². The molecule has 0 bridgehead atoms. The molecule has 17 heteroatoms. The molecule has 1 amide bonds. The average molecular weight is 713 g/mol. The number of aliphatic hydroxyl groups is 2. The van der Waals surface area contributed by atoms with Gasteiger partial charge in [0.05, 0.1) is 55.7 Å². The predicted molar refractivity (Wildman–Crippen MR) is 187 cm³/mol. The normalized spacial score (nSPS) is 26.0. The van der Waals surface area contributed by atoms with Gasteiger partial charge in [0.15, 0.2) is 6.29 Å². The fraction of sp³-hybridized carbons (Fsp3) is 0.457. The third kappa shape index (κ3) is 10.1. The van der Waals surface area contributed by atoms with Crippen molar-refractivity contribution in [1.29, 1.82) is 0 Å². The highest BCUT2D eigenvalue weighted by Crippen LogP contribution is 2.34. The highest BCUT2D eigenvalue weighted by molar-refractivity contribution is 5.68. The molecule has 3 aromatic carbocycles. The summed E-state index contributed by atoms with van der Waals surface area (Å²) >= 11 is 0. The summed E-state index contributed by atoms with van der Waals surface area (Å²) in [5.74, 6) is 0. The number of carbonyl (C=O) groups is 1. The highest BCUT2D eigenvalue weighted by Gasteiger charge is 2.47. The molecule has 2 aliphatic rings. The monoisotopic (exact) mass is 712 g/mol. The Morgan fingerprint density at radius 2 is 1.33 bits per heavy atom. The van der Waals surface area contributed by atoms with E-state index in [-0.39, 0.29) is 39.2 Å². The molecule has 5 rings (SSSR count). The fourth-order valence-corrected chi connectivity index (χ4v) is 6.41. The topological polar surface area (TPSA) is 244 Å². The van der Waals surface area contributed by atoms with Crippen LogP contribution in [-0.2, 0) is 38.7 Å². The van der Waals surface area contributed by atoms with Crippen LogP contribution < -0.4 is 0 Å². The van der Waals surface area contributed by atoms with Crippen LogP contribution in [0.15, 0.2) is 106 Å². The first-order valence-electron chi connectivity index (χ1n) is 16.8. The van der Waals surface area contributed by atoms with Gasteiger partial charge >= 0.3 is 6.09 Å². The zero-order valence-electron chi connectivity index (χ0n) is 28.2. The van der Waals surface area contributed by atoms with Crippen LogP contribution in [-0.4, -0.2) is 82.7 Å². The van der Waals surface area contributed by atoms with Crippen molar-refractivity contribution in [3.8, 4) is 0 Å². The molecule has 0 radical (unpaired) electrons. The van der Waals surface area contributed by atoms with Gasteiger partial charge in [-0.1, -0.05) is 106 Å². The zero-order valence-corrected chi connectivity index (χ0v) is 28.2. The molecule has 17 nitrogen and oxygen atoms in total. The quantitative estimate of drug-likeness (QED) is 0.101. The molecule has 2 N–H and O–H groups in total. The molecular formula is C35H40N10O7. The van der Waals surface area contributed by atoms with E-state index in [9.17, 15) is 26.1 Å². The Morgan fingerprint density at radius 3 is 1.94 bits per heavy atom. The van der Waals surface area contributed by atoms with E-state index in [2.05, 4.69) is 30.1 Å². The summed E-state index contributed by atoms with van der Waals surface area (Å²) in [5.41, 5.74) is 30.2. The molecule has 1 aliphatic heterocycles. The second kappa shape index (κ2) is 19.3.